The lowest BCUT2D eigenvalue weighted by Gasteiger charge is -2.17. The van der Waals surface area contributed by atoms with Crippen molar-refractivity contribution in [2.24, 2.45) is 5.73 Å². The predicted molar refractivity (Wildman–Crippen MR) is 72.7 cm³/mol. The van der Waals surface area contributed by atoms with E-state index in [0.717, 1.165) is 22.4 Å². The Balaban J connectivity index is 2.59. The van der Waals surface area contributed by atoms with E-state index < -0.39 is 0 Å². The lowest BCUT2D eigenvalue weighted by atomic mass is 10.1. The molecule has 90 valence electrons. The number of hydrogen-bond donors (Lipinski definition) is 2. The second-order valence-electron chi connectivity index (χ2n) is 3.98. The van der Waals surface area contributed by atoms with Gasteiger partial charge in [0.2, 0.25) is 0 Å². The van der Waals surface area contributed by atoms with Crippen molar-refractivity contribution < 1.29 is 0 Å². The third kappa shape index (κ3) is 4.10. The monoisotopic (exact) mass is 285 g/mol. The van der Waals surface area contributed by atoms with Gasteiger partial charge in [0, 0.05) is 17.1 Å². The molecule has 1 aromatic heterocycles. The van der Waals surface area contributed by atoms with Gasteiger partial charge in [-0.05, 0) is 41.4 Å². The van der Waals surface area contributed by atoms with E-state index in [-0.39, 0.29) is 0 Å². The topological polar surface area (TPSA) is 50.9 Å². The van der Waals surface area contributed by atoms with E-state index >= 15 is 0 Å². The Morgan fingerprint density at radius 3 is 2.81 bits per heavy atom. The summed E-state index contributed by atoms with van der Waals surface area (Å²) < 4.78 is 1.04. The number of rotatable bonds is 6. The van der Waals surface area contributed by atoms with E-state index in [2.05, 4.69) is 33.2 Å². The van der Waals surface area contributed by atoms with Crippen LogP contribution in [-0.2, 0) is 0 Å². The van der Waals surface area contributed by atoms with Gasteiger partial charge in [-0.25, -0.2) is 4.98 Å². The largest absolute Gasteiger partial charge is 0.366 e. The molecule has 0 aromatic carbocycles. The molecule has 0 spiro atoms. The molecule has 1 aromatic rings. The van der Waals surface area contributed by atoms with Crippen LogP contribution in [-0.4, -0.2) is 17.6 Å². The van der Waals surface area contributed by atoms with Gasteiger partial charge in [-0.15, -0.1) is 0 Å². The smallest absolute Gasteiger partial charge is 0.126 e. The van der Waals surface area contributed by atoms with Crippen LogP contribution in [0.2, 0.25) is 0 Å². The number of unbranched alkanes of at least 4 members (excludes halogenated alkanes) is 1. The van der Waals surface area contributed by atoms with Crippen molar-refractivity contribution in [1.82, 2.24) is 4.98 Å². The average Bonchev–Trinajstić information content (AvgIpc) is 2.29. The van der Waals surface area contributed by atoms with Gasteiger partial charge in [0.05, 0.1) is 5.69 Å². The molecule has 1 heterocycles. The molecule has 0 fully saturated rings. The minimum atomic E-state index is 0.327. The number of nitrogens with zero attached hydrogens (tertiary/aromatic N) is 1. The Morgan fingerprint density at radius 1 is 1.50 bits per heavy atom. The summed E-state index contributed by atoms with van der Waals surface area (Å²) in [6.07, 6.45) is 3.50. The molecule has 0 aliphatic carbocycles. The maximum absolute atomic E-state index is 5.73. The Morgan fingerprint density at radius 2 is 2.25 bits per heavy atom. The number of nitrogens with one attached hydrogen (secondary N) is 1. The minimum Gasteiger partial charge on any atom is -0.366 e. The molecule has 0 radical (unpaired) electrons. The first-order valence-electron chi connectivity index (χ1n) is 5.77. The van der Waals surface area contributed by atoms with Crippen LogP contribution in [0.25, 0.3) is 0 Å². The summed E-state index contributed by atoms with van der Waals surface area (Å²) in [5.74, 6) is 0.909. The zero-order valence-electron chi connectivity index (χ0n) is 9.96. The lowest BCUT2D eigenvalue weighted by Crippen LogP contribution is -2.29. The van der Waals surface area contributed by atoms with Crippen molar-refractivity contribution in [1.29, 1.82) is 0 Å². The Bertz CT molecular complexity index is 328. The van der Waals surface area contributed by atoms with E-state index in [1.54, 1.807) is 0 Å². The van der Waals surface area contributed by atoms with E-state index in [1.165, 1.54) is 12.8 Å². The van der Waals surface area contributed by atoms with Crippen molar-refractivity contribution in [3.05, 3.63) is 22.3 Å². The third-order valence-corrected chi connectivity index (χ3v) is 3.40. The fourth-order valence-corrected chi connectivity index (χ4v) is 1.75. The summed E-state index contributed by atoms with van der Waals surface area (Å²) in [4.78, 5) is 4.46. The molecule has 0 saturated carbocycles. The third-order valence-electron chi connectivity index (χ3n) is 2.56. The number of nitrogens with two attached hydrogens (primary N) is 1. The first kappa shape index (κ1) is 13.5. The summed E-state index contributed by atoms with van der Waals surface area (Å²) in [5.41, 5.74) is 6.73. The summed E-state index contributed by atoms with van der Waals surface area (Å²) in [5, 5.41) is 3.37. The zero-order chi connectivity index (χ0) is 12.0. The highest BCUT2D eigenvalue weighted by Gasteiger charge is 2.07. The van der Waals surface area contributed by atoms with Crippen LogP contribution in [0.5, 0.6) is 0 Å². The molecule has 16 heavy (non-hydrogen) atoms. The normalized spacial score (nSPS) is 12.5. The number of hydrogen-bond acceptors (Lipinski definition) is 3. The average molecular weight is 286 g/mol. The summed E-state index contributed by atoms with van der Waals surface area (Å²) in [7, 11) is 0. The van der Waals surface area contributed by atoms with Crippen molar-refractivity contribution in [2.45, 2.75) is 39.2 Å². The standard InChI is InChI=1S/C12H20BrN3/c1-3-4-5-10(8-14)16-12-7-6-11(13)9(2)15-12/h6-7,10H,3-5,8,14H2,1-2H3,(H,15,16). The molecular formula is C12H20BrN3. The Labute approximate surface area is 106 Å². The maximum Gasteiger partial charge on any atom is 0.126 e. The molecule has 0 bridgehead atoms. The number of pyridine rings is 1. The van der Waals surface area contributed by atoms with Crippen molar-refractivity contribution >= 4 is 21.7 Å². The van der Waals surface area contributed by atoms with E-state index in [0.29, 0.717) is 12.6 Å². The number of halogens is 1. The highest BCUT2D eigenvalue weighted by Crippen LogP contribution is 2.17. The SMILES string of the molecule is CCCCC(CN)Nc1ccc(Br)c(C)n1. The molecule has 0 saturated heterocycles. The second-order valence-corrected chi connectivity index (χ2v) is 4.84. The zero-order valence-corrected chi connectivity index (χ0v) is 11.5. The van der Waals surface area contributed by atoms with E-state index in [4.69, 9.17) is 5.73 Å². The maximum atomic E-state index is 5.73. The van der Waals surface area contributed by atoms with Crippen LogP contribution >= 0.6 is 15.9 Å². The molecule has 1 atom stereocenters. The van der Waals surface area contributed by atoms with Crippen molar-refractivity contribution in [2.75, 3.05) is 11.9 Å². The van der Waals surface area contributed by atoms with Gasteiger partial charge in [-0.2, -0.15) is 0 Å². The molecule has 3 nitrogen and oxygen atoms in total. The minimum absolute atomic E-state index is 0.327. The summed E-state index contributed by atoms with van der Waals surface area (Å²) in [6.45, 7) is 4.82. The van der Waals surface area contributed by atoms with E-state index in [1.807, 2.05) is 19.1 Å². The first-order valence-corrected chi connectivity index (χ1v) is 6.56. The van der Waals surface area contributed by atoms with Crippen molar-refractivity contribution in [3.8, 4) is 0 Å². The quantitative estimate of drug-likeness (QED) is 0.845. The fourth-order valence-electron chi connectivity index (χ4n) is 1.53. The second kappa shape index (κ2) is 6.86. The van der Waals surface area contributed by atoms with Crippen LogP contribution in [0.4, 0.5) is 5.82 Å². The van der Waals surface area contributed by atoms with Crippen LogP contribution in [0, 0.1) is 6.92 Å². The predicted octanol–water partition coefficient (Wildman–Crippen LogP) is 3.08. The van der Waals surface area contributed by atoms with Gasteiger partial charge in [0.1, 0.15) is 5.82 Å². The highest BCUT2D eigenvalue weighted by atomic mass is 79.9. The fraction of sp³-hybridized carbons (Fsp3) is 0.583. The summed E-state index contributed by atoms with van der Waals surface area (Å²) >= 11 is 3.44. The molecule has 0 aliphatic heterocycles. The first-order chi connectivity index (χ1) is 7.67. The molecule has 4 heteroatoms. The van der Waals surface area contributed by atoms with Gasteiger partial charge in [0.25, 0.3) is 0 Å². The lowest BCUT2D eigenvalue weighted by molar-refractivity contribution is 0.612. The van der Waals surface area contributed by atoms with E-state index in [9.17, 15) is 0 Å². The van der Waals surface area contributed by atoms with Gasteiger partial charge in [-0.3, -0.25) is 0 Å². The van der Waals surface area contributed by atoms with Gasteiger partial charge >= 0.3 is 0 Å². The molecule has 1 unspecified atom stereocenters. The van der Waals surface area contributed by atoms with Crippen LogP contribution < -0.4 is 11.1 Å². The Kier molecular flexibility index (Phi) is 5.77. The van der Waals surface area contributed by atoms with Crippen LogP contribution in [0.1, 0.15) is 31.9 Å². The molecule has 0 aliphatic rings. The number of aromatic nitrogens is 1. The number of aryl methyl sites for hydroxylation is 1. The van der Waals surface area contributed by atoms with Gasteiger partial charge in [-0.1, -0.05) is 19.8 Å². The van der Waals surface area contributed by atoms with Gasteiger partial charge in [0.15, 0.2) is 0 Å². The summed E-state index contributed by atoms with van der Waals surface area (Å²) in [6, 6.07) is 4.32. The highest BCUT2D eigenvalue weighted by molar-refractivity contribution is 9.10. The van der Waals surface area contributed by atoms with Crippen molar-refractivity contribution in [3.63, 3.8) is 0 Å². The van der Waals surface area contributed by atoms with Crippen LogP contribution in [0.15, 0.2) is 16.6 Å². The molecule has 0 amide bonds. The molecular weight excluding hydrogens is 266 g/mol. The Hall–Kier alpha value is -0.610. The van der Waals surface area contributed by atoms with Crippen LogP contribution in [0.3, 0.4) is 0 Å². The molecule has 3 N–H and O–H groups in total. The number of anilines is 1. The van der Waals surface area contributed by atoms with Gasteiger partial charge < -0.3 is 11.1 Å². The molecule has 1 rings (SSSR count).